The third-order valence-electron chi connectivity index (χ3n) is 5.20. The van der Waals surface area contributed by atoms with Gasteiger partial charge in [-0.2, -0.15) is 4.52 Å². The SMILES string of the molecule is O=C1NCCCC[C@H]1Nc1nc2ccccc2c2nc(-c3ccc(F)c(F)c3)nn12. The number of nitrogens with zero attached hydrogens (tertiary/aromatic N) is 4. The van der Waals surface area contributed by atoms with Gasteiger partial charge in [0, 0.05) is 17.5 Å². The van der Waals surface area contributed by atoms with Crippen molar-refractivity contribution in [3.8, 4) is 11.4 Å². The lowest BCUT2D eigenvalue weighted by Gasteiger charge is -2.16. The molecule has 2 aromatic heterocycles. The predicted molar refractivity (Wildman–Crippen MR) is 108 cm³/mol. The van der Waals surface area contributed by atoms with Gasteiger partial charge in [0.2, 0.25) is 11.9 Å². The van der Waals surface area contributed by atoms with Crippen molar-refractivity contribution in [1.29, 1.82) is 0 Å². The first-order valence-electron chi connectivity index (χ1n) is 9.75. The smallest absolute Gasteiger partial charge is 0.242 e. The van der Waals surface area contributed by atoms with E-state index in [0.29, 0.717) is 35.6 Å². The quantitative estimate of drug-likeness (QED) is 0.543. The summed E-state index contributed by atoms with van der Waals surface area (Å²) in [6, 6.07) is 10.5. The van der Waals surface area contributed by atoms with Crippen LogP contribution in [-0.2, 0) is 4.79 Å². The van der Waals surface area contributed by atoms with Crippen LogP contribution in [0.1, 0.15) is 19.3 Å². The Morgan fingerprint density at radius 1 is 1.07 bits per heavy atom. The lowest BCUT2D eigenvalue weighted by Crippen LogP contribution is -2.38. The summed E-state index contributed by atoms with van der Waals surface area (Å²) in [6.07, 6.45) is 2.51. The molecule has 7 nitrogen and oxygen atoms in total. The molecule has 1 aliphatic rings. The monoisotopic (exact) mass is 408 g/mol. The van der Waals surface area contributed by atoms with E-state index in [-0.39, 0.29) is 11.7 Å². The molecule has 0 aliphatic carbocycles. The maximum atomic E-state index is 13.7. The van der Waals surface area contributed by atoms with Crippen LogP contribution in [0.2, 0.25) is 0 Å². The van der Waals surface area contributed by atoms with Crippen LogP contribution in [0, 0.1) is 11.6 Å². The number of fused-ring (bicyclic) bond motifs is 3. The number of aromatic nitrogens is 4. The van der Waals surface area contributed by atoms with Gasteiger partial charge in [0.25, 0.3) is 0 Å². The maximum absolute atomic E-state index is 13.7. The van der Waals surface area contributed by atoms with E-state index >= 15 is 0 Å². The molecule has 0 radical (unpaired) electrons. The number of hydrogen-bond acceptors (Lipinski definition) is 5. The Hall–Kier alpha value is -3.62. The number of rotatable bonds is 3. The molecule has 0 bridgehead atoms. The van der Waals surface area contributed by atoms with Crippen molar-refractivity contribution >= 4 is 28.4 Å². The summed E-state index contributed by atoms with van der Waals surface area (Å²) in [5.74, 6) is -1.39. The largest absolute Gasteiger partial charge is 0.354 e. The molecular formula is C21H18F2N6O. The van der Waals surface area contributed by atoms with Crippen LogP contribution in [0.4, 0.5) is 14.7 Å². The van der Waals surface area contributed by atoms with Crippen LogP contribution in [0.5, 0.6) is 0 Å². The molecule has 2 N–H and O–H groups in total. The van der Waals surface area contributed by atoms with E-state index in [4.69, 9.17) is 0 Å². The number of nitrogens with one attached hydrogen (secondary N) is 2. The van der Waals surface area contributed by atoms with E-state index in [1.807, 2.05) is 24.3 Å². The molecule has 5 rings (SSSR count). The second kappa shape index (κ2) is 7.33. The molecule has 3 heterocycles. The van der Waals surface area contributed by atoms with Crippen LogP contribution >= 0.6 is 0 Å². The second-order valence-electron chi connectivity index (χ2n) is 7.24. The predicted octanol–water partition coefficient (Wildman–Crippen LogP) is 3.30. The highest BCUT2D eigenvalue weighted by Crippen LogP contribution is 2.25. The van der Waals surface area contributed by atoms with Gasteiger partial charge in [-0.25, -0.2) is 18.7 Å². The third kappa shape index (κ3) is 3.22. The molecule has 0 unspecified atom stereocenters. The van der Waals surface area contributed by atoms with E-state index in [2.05, 4.69) is 25.7 Å². The highest BCUT2D eigenvalue weighted by atomic mass is 19.2. The summed E-state index contributed by atoms with van der Waals surface area (Å²) in [4.78, 5) is 21.6. The first-order chi connectivity index (χ1) is 14.6. The summed E-state index contributed by atoms with van der Waals surface area (Å²) in [6.45, 7) is 0.654. The van der Waals surface area contributed by atoms with Gasteiger partial charge in [0.1, 0.15) is 6.04 Å². The first kappa shape index (κ1) is 18.4. The van der Waals surface area contributed by atoms with Gasteiger partial charge in [-0.3, -0.25) is 4.79 Å². The van der Waals surface area contributed by atoms with Crippen LogP contribution in [0.15, 0.2) is 42.5 Å². The molecule has 9 heteroatoms. The Morgan fingerprint density at radius 3 is 2.80 bits per heavy atom. The Labute approximate surface area is 170 Å². The van der Waals surface area contributed by atoms with Gasteiger partial charge < -0.3 is 10.6 Å². The molecule has 1 amide bonds. The summed E-state index contributed by atoms with van der Waals surface area (Å²) in [5, 5.41) is 11.3. The van der Waals surface area contributed by atoms with Crippen LogP contribution in [-0.4, -0.2) is 38.1 Å². The second-order valence-corrected chi connectivity index (χ2v) is 7.24. The topological polar surface area (TPSA) is 84.2 Å². The summed E-state index contributed by atoms with van der Waals surface area (Å²) >= 11 is 0. The van der Waals surface area contributed by atoms with E-state index in [1.165, 1.54) is 10.6 Å². The Balaban J connectivity index is 1.66. The highest BCUT2D eigenvalue weighted by Gasteiger charge is 2.23. The Bertz CT molecular complexity index is 1270. The molecule has 4 aromatic rings. The molecule has 1 saturated heterocycles. The zero-order valence-corrected chi connectivity index (χ0v) is 15.9. The molecule has 152 valence electrons. The number of benzene rings is 2. The van der Waals surface area contributed by atoms with Crippen molar-refractivity contribution in [2.45, 2.75) is 25.3 Å². The zero-order chi connectivity index (χ0) is 20.7. The Morgan fingerprint density at radius 2 is 1.93 bits per heavy atom. The van der Waals surface area contributed by atoms with E-state index in [1.54, 1.807) is 0 Å². The zero-order valence-electron chi connectivity index (χ0n) is 15.9. The molecule has 1 fully saturated rings. The average molecular weight is 408 g/mol. The van der Waals surface area contributed by atoms with Gasteiger partial charge in [0.05, 0.1) is 5.52 Å². The molecule has 0 spiro atoms. The van der Waals surface area contributed by atoms with Gasteiger partial charge in [-0.1, -0.05) is 12.1 Å². The molecule has 30 heavy (non-hydrogen) atoms. The normalized spacial score (nSPS) is 17.1. The highest BCUT2D eigenvalue weighted by molar-refractivity contribution is 5.93. The number of para-hydroxylation sites is 1. The van der Waals surface area contributed by atoms with Crippen molar-refractivity contribution in [1.82, 2.24) is 24.9 Å². The number of carbonyl (C=O) groups excluding carboxylic acids is 1. The molecule has 2 aromatic carbocycles. The van der Waals surface area contributed by atoms with Crippen molar-refractivity contribution in [3.05, 3.63) is 54.1 Å². The van der Waals surface area contributed by atoms with Gasteiger partial charge >= 0.3 is 0 Å². The minimum Gasteiger partial charge on any atom is -0.354 e. The fraction of sp³-hybridized carbons (Fsp3) is 0.238. The lowest BCUT2D eigenvalue weighted by atomic mass is 10.1. The minimum atomic E-state index is -0.970. The van der Waals surface area contributed by atoms with E-state index in [0.717, 1.165) is 30.4 Å². The van der Waals surface area contributed by atoms with Gasteiger partial charge in [-0.05, 0) is 49.6 Å². The molecular weight excluding hydrogens is 390 g/mol. The molecule has 1 atom stereocenters. The third-order valence-corrected chi connectivity index (χ3v) is 5.20. The van der Waals surface area contributed by atoms with Crippen molar-refractivity contribution in [3.63, 3.8) is 0 Å². The number of halogens is 2. The van der Waals surface area contributed by atoms with Crippen LogP contribution < -0.4 is 10.6 Å². The summed E-state index contributed by atoms with van der Waals surface area (Å²) in [7, 11) is 0. The standard InChI is InChI=1S/C21H18F2N6O/c22-14-9-8-12(11-15(14)23)18-27-19-13-5-1-2-6-16(13)25-21(29(19)28-18)26-17-7-3-4-10-24-20(17)30/h1-2,5-6,8-9,11,17H,3-4,7,10H2,(H,24,30)(H,25,26)/t17-/m1/s1. The number of carbonyl (C=O) groups is 1. The van der Waals surface area contributed by atoms with Crippen molar-refractivity contribution in [2.75, 3.05) is 11.9 Å². The number of amides is 1. The van der Waals surface area contributed by atoms with Crippen molar-refractivity contribution in [2.24, 2.45) is 0 Å². The summed E-state index contributed by atoms with van der Waals surface area (Å²) < 4.78 is 28.6. The van der Waals surface area contributed by atoms with Crippen LogP contribution in [0.3, 0.4) is 0 Å². The maximum Gasteiger partial charge on any atom is 0.242 e. The van der Waals surface area contributed by atoms with Crippen molar-refractivity contribution < 1.29 is 13.6 Å². The molecule has 1 aliphatic heterocycles. The Kier molecular flexibility index (Phi) is 4.50. The lowest BCUT2D eigenvalue weighted by molar-refractivity contribution is -0.121. The first-order valence-corrected chi connectivity index (χ1v) is 9.75. The van der Waals surface area contributed by atoms with E-state index in [9.17, 15) is 13.6 Å². The van der Waals surface area contributed by atoms with Gasteiger partial charge in [-0.15, -0.1) is 5.10 Å². The fourth-order valence-electron chi connectivity index (χ4n) is 3.64. The fourth-order valence-corrected chi connectivity index (χ4v) is 3.64. The van der Waals surface area contributed by atoms with E-state index < -0.39 is 17.7 Å². The van der Waals surface area contributed by atoms with Gasteiger partial charge in [0.15, 0.2) is 23.1 Å². The number of anilines is 1. The average Bonchev–Trinajstić information content (AvgIpc) is 3.11. The van der Waals surface area contributed by atoms with Crippen LogP contribution in [0.25, 0.3) is 27.9 Å². The molecule has 0 saturated carbocycles. The summed E-state index contributed by atoms with van der Waals surface area (Å²) in [5.41, 5.74) is 1.54. The minimum absolute atomic E-state index is 0.0865. The number of hydrogen-bond donors (Lipinski definition) is 2.